The maximum atomic E-state index is 5.47. The highest BCUT2D eigenvalue weighted by Crippen LogP contribution is 2.70. The van der Waals surface area contributed by atoms with Crippen molar-refractivity contribution in [2.24, 2.45) is 11.8 Å². The Balaban J connectivity index is 1.96. The van der Waals surface area contributed by atoms with Gasteiger partial charge in [0.1, 0.15) is 0 Å². The monoisotopic (exact) mass is 202 g/mol. The molecule has 0 amide bonds. The molecule has 2 fully saturated rings. The van der Waals surface area contributed by atoms with Crippen LogP contribution in [0, 0.1) is 11.8 Å². The van der Waals surface area contributed by atoms with Crippen LogP contribution in [0.2, 0.25) is 0 Å². The fraction of sp³-hybridized carbons (Fsp3) is 0.455. The second-order valence-electron chi connectivity index (χ2n) is 4.65. The van der Waals surface area contributed by atoms with Gasteiger partial charge in [-0.1, -0.05) is 12.2 Å². The summed E-state index contributed by atoms with van der Waals surface area (Å²) in [7, 11) is 0. The van der Waals surface area contributed by atoms with Crippen molar-refractivity contribution in [1.82, 2.24) is 4.98 Å². The van der Waals surface area contributed by atoms with E-state index in [2.05, 4.69) is 16.4 Å². The first kappa shape index (κ1) is 7.35. The maximum Gasteiger partial charge on any atom is 0.0908 e. The zero-order chi connectivity index (χ0) is 9.34. The molecule has 4 rings (SSSR count). The number of pyridine rings is 1. The minimum atomic E-state index is 0.221. The molecule has 14 heavy (non-hydrogen) atoms. The second kappa shape index (κ2) is 2.01. The number of hydrogen-bond donors (Lipinski definition) is 1. The van der Waals surface area contributed by atoms with Crippen LogP contribution in [0.1, 0.15) is 18.4 Å². The van der Waals surface area contributed by atoms with Gasteiger partial charge in [-0.15, -0.1) is 0 Å². The Bertz CT molecular complexity index is 456. The Kier molecular flexibility index (Phi) is 1.05. The van der Waals surface area contributed by atoms with E-state index in [9.17, 15) is 0 Å². The number of aromatic nitrogens is 1. The molecular formula is C11H10N2S. The highest BCUT2D eigenvalue weighted by Gasteiger charge is 2.68. The second-order valence-corrected chi connectivity index (χ2v) is 5.06. The summed E-state index contributed by atoms with van der Waals surface area (Å²) in [5, 5.41) is 3.32. The molecule has 3 atom stereocenters. The van der Waals surface area contributed by atoms with Crippen LogP contribution in [0.4, 0.5) is 5.69 Å². The number of anilines is 1. The summed E-state index contributed by atoms with van der Waals surface area (Å²) in [5.74, 6) is 1.81. The van der Waals surface area contributed by atoms with Gasteiger partial charge in [-0.3, -0.25) is 4.98 Å². The van der Waals surface area contributed by atoms with Crippen LogP contribution in [-0.2, 0) is 5.41 Å². The Morgan fingerprint density at radius 2 is 2.50 bits per heavy atom. The standard InChI is InChI=1S/C11H10N2S/c14-10-11(4-6-3-8(6)11)7-1-2-12-5-9(7)13-10/h1-2,5-6,8H,3-4H2,(H,13,14). The number of thiocarbonyl (C=S) groups is 1. The minimum Gasteiger partial charge on any atom is -0.348 e. The molecule has 2 nitrogen and oxygen atoms in total. The number of hydrogen-bond acceptors (Lipinski definition) is 2. The molecule has 3 unspecified atom stereocenters. The number of fused-ring (bicyclic) bond motifs is 4. The first-order chi connectivity index (χ1) is 6.82. The van der Waals surface area contributed by atoms with Gasteiger partial charge in [-0.2, -0.15) is 0 Å². The quantitative estimate of drug-likeness (QED) is 0.652. The van der Waals surface area contributed by atoms with Crippen molar-refractivity contribution in [3.8, 4) is 0 Å². The Morgan fingerprint density at radius 3 is 3.21 bits per heavy atom. The summed E-state index contributed by atoms with van der Waals surface area (Å²) in [5.41, 5.74) is 2.76. The predicted octanol–water partition coefficient (Wildman–Crippen LogP) is 2.11. The van der Waals surface area contributed by atoms with E-state index in [4.69, 9.17) is 12.2 Å². The van der Waals surface area contributed by atoms with E-state index in [-0.39, 0.29) is 5.41 Å². The molecule has 1 N–H and O–H groups in total. The summed E-state index contributed by atoms with van der Waals surface area (Å²) >= 11 is 5.47. The molecule has 2 aliphatic carbocycles. The Hall–Kier alpha value is -0.960. The summed E-state index contributed by atoms with van der Waals surface area (Å²) < 4.78 is 0. The van der Waals surface area contributed by atoms with Crippen molar-refractivity contribution in [2.45, 2.75) is 18.3 Å². The van der Waals surface area contributed by atoms with Gasteiger partial charge in [0.25, 0.3) is 0 Å². The predicted molar refractivity (Wildman–Crippen MR) is 58.3 cm³/mol. The third-order valence-electron chi connectivity index (χ3n) is 4.09. The third-order valence-corrected chi connectivity index (χ3v) is 4.56. The lowest BCUT2D eigenvalue weighted by molar-refractivity contribution is 0.322. The van der Waals surface area contributed by atoms with Crippen molar-refractivity contribution >= 4 is 22.9 Å². The molecule has 1 aliphatic heterocycles. The van der Waals surface area contributed by atoms with E-state index in [1.807, 2.05) is 12.4 Å². The molecule has 0 saturated heterocycles. The van der Waals surface area contributed by atoms with E-state index in [1.54, 1.807) is 0 Å². The number of rotatable bonds is 0. The molecule has 2 saturated carbocycles. The van der Waals surface area contributed by atoms with Gasteiger partial charge in [0.2, 0.25) is 0 Å². The maximum absolute atomic E-state index is 5.47. The van der Waals surface area contributed by atoms with Crippen molar-refractivity contribution < 1.29 is 0 Å². The van der Waals surface area contributed by atoms with E-state index >= 15 is 0 Å². The first-order valence-corrected chi connectivity index (χ1v) is 5.49. The van der Waals surface area contributed by atoms with Gasteiger partial charge in [0.05, 0.1) is 22.3 Å². The number of nitrogens with zero attached hydrogens (tertiary/aromatic N) is 1. The third kappa shape index (κ3) is 0.601. The minimum absolute atomic E-state index is 0.221. The average Bonchev–Trinajstić information content (AvgIpc) is 2.73. The number of nitrogens with one attached hydrogen (secondary N) is 1. The van der Waals surface area contributed by atoms with Gasteiger partial charge in [-0.25, -0.2) is 0 Å². The zero-order valence-corrected chi connectivity index (χ0v) is 8.47. The lowest BCUT2D eigenvalue weighted by Gasteiger charge is -2.37. The highest BCUT2D eigenvalue weighted by molar-refractivity contribution is 7.80. The Morgan fingerprint density at radius 1 is 1.57 bits per heavy atom. The van der Waals surface area contributed by atoms with Crippen molar-refractivity contribution in [3.05, 3.63) is 24.0 Å². The van der Waals surface area contributed by atoms with E-state index in [1.165, 1.54) is 18.4 Å². The molecule has 70 valence electrons. The summed E-state index contributed by atoms with van der Waals surface area (Å²) in [4.78, 5) is 5.17. The normalized spacial score (nSPS) is 41.3. The molecule has 0 bridgehead atoms. The molecule has 2 heterocycles. The van der Waals surface area contributed by atoms with Crippen molar-refractivity contribution in [2.75, 3.05) is 5.32 Å². The molecule has 1 aromatic heterocycles. The van der Waals surface area contributed by atoms with Crippen LogP contribution in [0.15, 0.2) is 18.5 Å². The van der Waals surface area contributed by atoms with E-state index < -0.39 is 0 Å². The van der Waals surface area contributed by atoms with Gasteiger partial charge >= 0.3 is 0 Å². The molecule has 3 aliphatic rings. The lowest BCUT2D eigenvalue weighted by Crippen LogP contribution is -2.42. The molecule has 0 radical (unpaired) electrons. The smallest absolute Gasteiger partial charge is 0.0908 e. The molecule has 1 spiro atoms. The zero-order valence-electron chi connectivity index (χ0n) is 7.66. The largest absolute Gasteiger partial charge is 0.348 e. The highest BCUT2D eigenvalue weighted by atomic mass is 32.1. The van der Waals surface area contributed by atoms with Gasteiger partial charge in [0, 0.05) is 6.20 Å². The van der Waals surface area contributed by atoms with Gasteiger partial charge < -0.3 is 5.32 Å². The fourth-order valence-corrected chi connectivity index (χ4v) is 3.75. The van der Waals surface area contributed by atoms with Crippen LogP contribution in [-0.4, -0.2) is 9.97 Å². The van der Waals surface area contributed by atoms with Crippen LogP contribution in [0.3, 0.4) is 0 Å². The van der Waals surface area contributed by atoms with Gasteiger partial charge in [0.15, 0.2) is 0 Å². The SMILES string of the molecule is S=C1Nc2cnccc2C12CC1CC12. The Labute approximate surface area is 87.7 Å². The van der Waals surface area contributed by atoms with Crippen LogP contribution >= 0.6 is 12.2 Å². The van der Waals surface area contributed by atoms with Crippen LogP contribution in [0.5, 0.6) is 0 Å². The fourth-order valence-electron chi connectivity index (χ4n) is 3.29. The summed E-state index contributed by atoms with van der Waals surface area (Å²) in [6, 6.07) is 2.14. The van der Waals surface area contributed by atoms with Crippen LogP contribution in [0.25, 0.3) is 0 Å². The van der Waals surface area contributed by atoms with Crippen molar-refractivity contribution in [1.29, 1.82) is 0 Å². The summed E-state index contributed by atoms with van der Waals surface area (Å²) in [6.45, 7) is 0. The molecular weight excluding hydrogens is 192 g/mol. The molecule has 3 heteroatoms. The van der Waals surface area contributed by atoms with Gasteiger partial charge in [-0.05, 0) is 36.3 Å². The van der Waals surface area contributed by atoms with E-state index in [0.717, 1.165) is 22.5 Å². The lowest BCUT2D eigenvalue weighted by atomic mass is 9.65. The molecule has 1 aromatic rings. The summed E-state index contributed by atoms with van der Waals surface area (Å²) in [6.07, 6.45) is 6.42. The van der Waals surface area contributed by atoms with Crippen molar-refractivity contribution in [3.63, 3.8) is 0 Å². The van der Waals surface area contributed by atoms with Crippen LogP contribution < -0.4 is 5.32 Å². The van der Waals surface area contributed by atoms with E-state index in [0.29, 0.717) is 0 Å². The average molecular weight is 202 g/mol. The first-order valence-electron chi connectivity index (χ1n) is 5.08. The molecule has 0 aromatic carbocycles. The topological polar surface area (TPSA) is 24.9 Å².